The van der Waals surface area contributed by atoms with E-state index >= 15 is 0 Å². The van der Waals surface area contributed by atoms with Gasteiger partial charge in [-0.1, -0.05) is 75.2 Å². The Balaban J connectivity index is -0.000000146. The number of carbonyl (C=O) groups excluding carboxylic acids is 2. The molecule has 172 valence electrons. The van der Waals surface area contributed by atoms with E-state index in [1.165, 1.54) is 12.8 Å². The first-order valence-corrected chi connectivity index (χ1v) is 11.7. The number of rotatable bonds is 9. The lowest BCUT2D eigenvalue weighted by atomic mass is 10.1. The molecule has 7 heteroatoms. The second-order valence-corrected chi connectivity index (χ2v) is 8.25. The summed E-state index contributed by atoms with van der Waals surface area (Å²) < 4.78 is 33.2. The van der Waals surface area contributed by atoms with Crippen molar-refractivity contribution in [2.75, 3.05) is 0 Å². The topological polar surface area (TPSA) is 97.7 Å². The second kappa shape index (κ2) is 22.5. The summed E-state index contributed by atoms with van der Waals surface area (Å²) >= 11 is 0. The van der Waals surface area contributed by atoms with Crippen LogP contribution in [0.5, 0.6) is 0 Å². The molecule has 0 heterocycles. The molecule has 0 aromatic carbocycles. The highest BCUT2D eigenvalue weighted by Crippen LogP contribution is 2.12. The first-order valence-electron chi connectivity index (χ1n) is 10.4. The highest BCUT2D eigenvalue weighted by molar-refractivity contribution is 7.80. The van der Waals surface area contributed by atoms with Gasteiger partial charge in [0.05, 0.1) is 6.10 Å². The maximum absolute atomic E-state index is 10.2. The number of carbonyl (C=O) groups is 2. The van der Waals surface area contributed by atoms with Crippen molar-refractivity contribution < 1.29 is 26.7 Å². The van der Waals surface area contributed by atoms with E-state index in [-0.39, 0.29) is 11.7 Å². The molecule has 0 unspecified atom stereocenters. The zero-order chi connectivity index (χ0) is 23.3. The third kappa shape index (κ3) is 40.0. The van der Waals surface area contributed by atoms with Gasteiger partial charge in [0.15, 0.2) is 0 Å². The van der Waals surface area contributed by atoms with Gasteiger partial charge in [-0.15, -0.1) is 0 Å². The van der Waals surface area contributed by atoms with Gasteiger partial charge in [-0.05, 0) is 25.2 Å². The normalized spacial score (nSPS) is 11.3. The van der Waals surface area contributed by atoms with Crippen LogP contribution in [0.1, 0.15) is 108 Å². The van der Waals surface area contributed by atoms with Gasteiger partial charge in [-0.3, -0.25) is 9.35 Å². The van der Waals surface area contributed by atoms with Gasteiger partial charge in [-0.2, -0.15) is 8.42 Å². The highest BCUT2D eigenvalue weighted by Gasteiger charge is 2.18. The molecule has 0 saturated heterocycles. The van der Waals surface area contributed by atoms with Crippen molar-refractivity contribution in [1.82, 2.24) is 0 Å². The van der Waals surface area contributed by atoms with Crippen molar-refractivity contribution >= 4 is 22.0 Å². The van der Waals surface area contributed by atoms with Crippen LogP contribution in [-0.2, 0) is 24.2 Å². The van der Waals surface area contributed by atoms with Crippen LogP contribution in [0.15, 0.2) is 0 Å². The molecule has 0 saturated carbocycles. The predicted octanol–water partition coefficient (Wildman–Crippen LogP) is 6.04. The minimum atomic E-state index is -4.28. The molecule has 0 bridgehead atoms. The van der Waals surface area contributed by atoms with Crippen LogP contribution in [0.25, 0.3) is 0 Å². The van der Waals surface area contributed by atoms with Crippen LogP contribution >= 0.6 is 0 Å². The van der Waals surface area contributed by atoms with E-state index in [2.05, 4.69) is 25.0 Å². The van der Waals surface area contributed by atoms with Gasteiger partial charge >= 0.3 is 10.4 Å². The van der Waals surface area contributed by atoms with E-state index in [9.17, 15) is 18.0 Å². The molecule has 0 rings (SSSR count). The molecule has 1 atom stereocenters. The van der Waals surface area contributed by atoms with Gasteiger partial charge in [0.2, 0.25) is 0 Å². The van der Waals surface area contributed by atoms with Crippen molar-refractivity contribution in [3.05, 3.63) is 0 Å². The Kier molecular flexibility index (Phi) is 27.9. The van der Waals surface area contributed by atoms with Crippen LogP contribution in [0, 0.1) is 11.8 Å². The van der Waals surface area contributed by atoms with Crippen LogP contribution in [0.4, 0.5) is 0 Å². The molecule has 6 nitrogen and oxygen atoms in total. The third-order valence-corrected chi connectivity index (χ3v) is 4.03. The SMILES string of the molecule is CCC(=O)CC.CCC(C)=O.CCCC(C)C.CC[C@@H](OS(=O)(=O)O)C(C)C. The summed E-state index contributed by atoms with van der Waals surface area (Å²) in [6.07, 6.45) is 4.90. The van der Waals surface area contributed by atoms with Gasteiger partial charge < -0.3 is 4.79 Å². The first-order chi connectivity index (χ1) is 12.7. The molecule has 0 aliphatic heterocycles. The second-order valence-electron chi connectivity index (χ2n) is 7.20. The largest absolute Gasteiger partial charge is 0.397 e. The summed E-state index contributed by atoms with van der Waals surface area (Å²) in [7, 11) is -4.28. The quantitative estimate of drug-likeness (QED) is 0.451. The van der Waals surface area contributed by atoms with Gasteiger partial charge in [0.25, 0.3) is 0 Å². The average molecular weight is 427 g/mol. The fraction of sp³-hybridized carbons (Fsp3) is 0.905. The minimum absolute atomic E-state index is 0.0851. The molecule has 0 radical (unpaired) electrons. The maximum Gasteiger partial charge on any atom is 0.397 e. The Hall–Kier alpha value is -0.790. The Labute approximate surface area is 174 Å². The number of Topliss-reactive ketones (excluding diaryl/α,β-unsaturated/α-hetero) is 2. The van der Waals surface area contributed by atoms with E-state index < -0.39 is 16.5 Å². The summed E-state index contributed by atoms with van der Waals surface area (Å²) in [6, 6.07) is 0. The summed E-state index contributed by atoms with van der Waals surface area (Å²) in [5.74, 6) is 1.58. The Morgan fingerprint density at radius 2 is 1.29 bits per heavy atom. The van der Waals surface area contributed by atoms with Crippen molar-refractivity contribution in [1.29, 1.82) is 0 Å². The molecule has 0 spiro atoms. The molecule has 0 aromatic rings. The van der Waals surface area contributed by atoms with E-state index in [0.717, 1.165) is 5.92 Å². The molecular formula is C21H46O6S. The molecule has 0 aliphatic carbocycles. The number of hydrogen-bond acceptors (Lipinski definition) is 5. The maximum atomic E-state index is 10.2. The van der Waals surface area contributed by atoms with Crippen LogP contribution < -0.4 is 0 Å². The molecular weight excluding hydrogens is 380 g/mol. The summed E-state index contributed by atoms with van der Waals surface area (Å²) in [5.41, 5.74) is 0. The molecule has 0 aliphatic rings. The standard InChI is InChI=1S/C6H14O4S.C6H14.C5H10O.C4H8O/c1-4-6(5(2)3)10-11(7,8)9;1-4-5-6(2)3;1-3-5(6)4-2;1-3-4(2)5/h5-6H,4H2,1-3H3,(H,7,8,9);6H,4-5H2,1-3H3;3-4H2,1-2H3;3H2,1-2H3/t6-;;;/m1.../s1. The number of ketones is 2. The molecule has 0 fully saturated rings. The average Bonchev–Trinajstić information content (AvgIpc) is 2.59. The van der Waals surface area contributed by atoms with Gasteiger partial charge in [0, 0.05) is 19.3 Å². The van der Waals surface area contributed by atoms with Crippen molar-refractivity contribution in [2.24, 2.45) is 11.8 Å². The zero-order valence-electron chi connectivity index (χ0n) is 19.9. The molecule has 28 heavy (non-hydrogen) atoms. The Morgan fingerprint density at radius 1 is 0.893 bits per heavy atom. The fourth-order valence-corrected chi connectivity index (χ4v) is 2.30. The fourth-order valence-electron chi connectivity index (χ4n) is 1.63. The van der Waals surface area contributed by atoms with Crippen molar-refractivity contribution in [3.63, 3.8) is 0 Å². The predicted molar refractivity (Wildman–Crippen MR) is 118 cm³/mol. The van der Waals surface area contributed by atoms with E-state index in [1.807, 2.05) is 34.6 Å². The lowest BCUT2D eigenvalue weighted by molar-refractivity contribution is -0.118. The van der Waals surface area contributed by atoms with Crippen molar-refractivity contribution in [2.45, 2.75) is 114 Å². The van der Waals surface area contributed by atoms with Crippen LogP contribution in [0.2, 0.25) is 0 Å². The smallest absolute Gasteiger partial charge is 0.300 e. The first kappa shape index (κ1) is 34.7. The third-order valence-electron chi connectivity index (χ3n) is 3.54. The number of hydrogen-bond donors (Lipinski definition) is 1. The van der Waals surface area contributed by atoms with Crippen LogP contribution in [0.3, 0.4) is 0 Å². The zero-order valence-corrected chi connectivity index (χ0v) is 20.7. The molecule has 0 amide bonds. The van der Waals surface area contributed by atoms with Gasteiger partial charge in [-0.25, -0.2) is 4.18 Å². The minimum Gasteiger partial charge on any atom is -0.300 e. The summed E-state index contributed by atoms with van der Waals surface area (Å²) in [6.45, 7) is 19.4. The summed E-state index contributed by atoms with van der Waals surface area (Å²) in [5, 5.41) is 0. The van der Waals surface area contributed by atoms with Crippen molar-refractivity contribution in [3.8, 4) is 0 Å². The lowest BCUT2D eigenvalue weighted by Gasteiger charge is -2.16. The Morgan fingerprint density at radius 3 is 1.32 bits per heavy atom. The van der Waals surface area contributed by atoms with E-state index in [0.29, 0.717) is 31.5 Å². The Bertz CT molecular complexity index is 450. The van der Waals surface area contributed by atoms with E-state index in [4.69, 9.17) is 4.55 Å². The highest BCUT2D eigenvalue weighted by atomic mass is 32.3. The monoisotopic (exact) mass is 426 g/mol. The van der Waals surface area contributed by atoms with E-state index in [1.54, 1.807) is 13.8 Å². The molecule has 0 aromatic heterocycles. The van der Waals surface area contributed by atoms with Crippen LogP contribution in [-0.4, -0.2) is 30.6 Å². The lowest BCUT2D eigenvalue weighted by Crippen LogP contribution is -2.22. The molecule has 1 N–H and O–H groups in total. The van der Waals surface area contributed by atoms with Gasteiger partial charge in [0.1, 0.15) is 11.6 Å². The summed E-state index contributed by atoms with van der Waals surface area (Å²) in [4.78, 5) is 20.0.